The molecule has 0 radical (unpaired) electrons. The molecule has 1 aromatic carbocycles. The molecule has 110 heavy (non-hydrogen) atoms. The van der Waals surface area contributed by atoms with Gasteiger partial charge in [-0.2, -0.15) is 0 Å². The quantitative estimate of drug-likeness (QED) is 0.0512. The molecule has 0 aliphatic carbocycles. The fourth-order valence-corrected chi connectivity index (χ4v) is 5.89. The van der Waals surface area contributed by atoms with Gasteiger partial charge in [-0.3, -0.25) is 43.2 Å². The van der Waals surface area contributed by atoms with Crippen molar-refractivity contribution in [2.45, 2.75) is 366 Å². The van der Waals surface area contributed by atoms with Crippen LogP contribution in [0.3, 0.4) is 0 Å². The van der Waals surface area contributed by atoms with E-state index in [-0.39, 0.29) is 131 Å². The first-order valence-corrected chi connectivity index (χ1v) is 40.9. The highest BCUT2D eigenvalue weighted by Gasteiger charge is 2.27. The van der Waals surface area contributed by atoms with Crippen molar-refractivity contribution >= 4 is 59.7 Å². The van der Waals surface area contributed by atoms with Gasteiger partial charge in [0.05, 0.1) is 66.5 Å². The Morgan fingerprint density at radius 3 is 0.855 bits per heavy atom. The number of benzene rings is 1. The van der Waals surface area contributed by atoms with Crippen molar-refractivity contribution in [1.29, 1.82) is 0 Å². The van der Waals surface area contributed by atoms with Crippen molar-refractivity contribution < 1.29 is 95.3 Å². The van der Waals surface area contributed by atoms with Gasteiger partial charge < -0.3 is 47.4 Å². The van der Waals surface area contributed by atoms with Gasteiger partial charge in [-0.1, -0.05) is 219 Å². The lowest BCUT2D eigenvalue weighted by molar-refractivity contribution is -0.160. The molecule has 6 unspecified atom stereocenters. The normalized spacial score (nSPS) is 12.5. The standard InChI is InChI=1S/C12H16O2.C11H22O2.2C10H20O2.2C9H18O2.2C8H16O2.C7H14O2.C6H12O2/c1-9(2)10(3)14-12(13)11-7-5-4-6-8-11;1-6-10(7-2)11(12)13-9(5)8(3)4;1-7(2)8(3)12-9(11)10(4,5)6;1-5-9(6-2)10(11)12-7-8(3)4;1-7(2)6-11-8(10)9(3,4)5;1-6(2)8(5)11-9(10)7(3)4;1-6(2)5-10-8(9)7(3)4;1-5-8(9)10-7(4)6(2)3;1-5(2)6(3)9-7(4)8;1-5(2)4-8-6(3)7/h4-10H,1-3H3;8-10H,6-7H2,1-5H3;7-8H,1-6H3;8-9H,5-7H2,1-4H3;7H,6H2,1-5H3;6-8H,1-5H3;2*6-7H,5H2,1-4H3;5-6H,1-4H3;5H,4H2,1-3H3. The number of carbonyl (C=O) groups is 10. The number of ether oxygens (including phenoxy) is 10. The van der Waals surface area contributed by atoms with E-state index in [1.54, 1.807) is 19.1 Å². The summed E-state index contributed by atoms with van der Waals surface area (Å²) < 4.78 is 50.6. The Kier molecular flexibility index (Phi) is 78.6. The van der Waals surface area contributed by atoms with Crippen LogP contribution in [0.1, 0.15) is 340 Å². The predicted octanol–water partition coefficient (Wildman–Crippen LogP) is 22.2. The lowest BCUT2D eigenvalue weighted by atomic mass is 9.97. The Hall–Kier alpha value is -6.08. The average molecular weight is 1570 g/mol. The molecule has 1 rings (SSSR count). The van der Waals surface area contributed by atoms with Crippen molar-refractivity contribution in [1.82, 2.24) is 0 Å². The van der Waals surface area contributed by atoms with Crippen LogP contribution in [0.5, 0.6) is 0 Å². The van der Waals surface area contributed by atoms with Gasteiger partial charge in [0.2, 0.25) is 0 Å². The van der Waals surface area contributed by atoms with Crippen LogP contribution in [0, 0.1) is 93.7 Å². The van der Waals surface area contributed by atoms with Crippen LogP contribution in [-0.4, -0.2) is 123 Å². The molecule has 20 nitrogen and oxygen atoms in total. The van der Waals surface area contributed by atoms with Gasteiger partial charge in [0.25, 0.3) is 0 Å². The second-order valence-electron chi connectivity index (χ2n) is 34.3. The molecule has 0 amide bonds. The highest BCUT2D eigenvalue weighted by Crippen LogP contribution is 2.20. The molecule has 6 atom stereocenters. The summed E-state index contributed by atoms with van der Waals surface area (Å²) in [7, 11) is 0. The molecule has 0 aliphatic heterocycles. The smallest absolute Gasteiger partial charge is 0.338 e. The van der Waals surface area contributed by atoms with Crippen LogP contribution in [0.15, 0.2) is 30.3 Å². The van der Waals surface area contributed by atoms with Crippen molar-refractivity contribution in [2.24, 2.45) is 93.7 Å². The van der Waals surface area contributed by atoms with E-state index in [0.717, 1.165) is 25.7 Å². The average Bonchev–Trinajstić information content (AvgIpc) is 0.902. The fraction of sp³-hybridized carbons (Fsp3) is 0.822. The van der Waals surface area contributed by atoms with Gasteiger partial charge in [-0.25, -0.2) is 4.79 Å². The summed E-state index contributed by atoms with van der Waals surface area (Å²) in [5.41, 5.74) is -0.141. The van der Waals surface area contributed by atoms with E-state index in [4.69, 9.17) is 42.6 Å². The molecule has 1 aromatic rings. The maximum atomic E-state index is 11.5. The first kappa shape index (κ1) is 122. The molecule has 0 saturated heterocycles. The predicted molar refractivity (Wildman–Crippen MR) is 450 cm³/mol. The molecule has 0 aromatic heterocycles. The molecule has 0 N–H and O–H groups in total. The minimum atomic E-state index is -0.386. The molecular weight excluding hydrogens is 1400 g/mol. The van der Waals surface area contributed by atoms with Gasteiger partial charge in [0.1, 0.15) is 36.6 Å². The maximum absolute atomic E-state index is 11.5. The number of esters is 10. The highest BCUT2D eigenvalue weighted by molar-refractivity contribution is 5.89. The zero-order valence-corrected chi connectivity index (χ0v) is 78.5. The van der Waals surface area contributed by atoms with Gasteiger partial charge in [-0.15, -0.1) is 0 Å². The third-order valence-corrected chi connectivity index (χ3v) is 15.9. The second kappa shape index (κ2) is 70.8. The third-order valence-electron chi connectivity index (χ3n) is 15.9. The van der Waals surface area contributed by atoms with E-state index in [2.05, 4.69) is 18.6 Å². The molecular formula is C90H172O20. The molecule has 20 heteroatoms. The first-order chi connectivity index (χ1) is 50.1. The van der Waals surface area contributed by atoms with E-state index in [1.807, 2.05) is 281 Å². The monoisotopic (exact) mass is 1570 g/mol. The van der Waals surface area contributed by atoms with Crippen molar-refractivity contribution in [3.8, 4) is 0 Å². The van der Waals surface area contributed by atoms with Crippen molar-refractivity contribution in [3.63, 3.8) is 0 Å². The SMILES string of the molecule is CC(=O)OC(C)C(C)C.CC(=O)OCC(C)C.CC(C)C(=O)OC(C)C(C)C.CC(C)C(C)OC(=O)C(C)(C)C.CC(C)C(C)OC(=O)c1ccccc1.CC(C)COC(=O)C(C)(C)C.CC(C)COC(=O)C(C)C.CCC(=O)OC(C)C(C)C.CCC(CC)C(=O)OC(C)C(C)C.CCC(CC)C(=O)OCC(C)C. The number of rotatable bonds is 30. The zero-order chi connectivity index (χ0) is 88.9. The molecule has 652 valence electrons. The summed E-state index contributed by atoms with van der Waals surface area (Å²) in [6, 6.07) is 9.06. The molecule has 0 bridgehead atoms. The summed E-state index contributed by atoms with van der Waals surface area (Å²) in [6.07, 6.45) is 4.12. The number of hydrogen-bond acceptors (Lipinski definition) is 20. The first-order valence-electron chi connectivity index (χ1n) is 40.9. The maximum Gasteiger partial charge on any atom is 0.338 e. The Bertz CT molecular complexity index is 2470. The molecule has 0 aliphatic rings. The van der Waals surface area contributed by atoms with Crippen molar-refractivity contribution in [2.75, 3.05) is 26.4 Å². The number of hydrogen-bond donors (Lipinski definition) is 0. The summed E-state index contributed by atoms with van der Waals surface area (Å²) in [5, 5.41) is 0. The topological polar surface area (TPSA) is 263 Å². The fourth-order valence-electron chi connectivity index (χ4n) is 5.89. The lowest BCUT2D eigenvalue weighted by Gasteiger charge is -2.22. The molecule has 0 saturated carbocycles. The molecule has 0 heterocycles. The van der Waals surface area contributed by atoms with E-state index in [1.165, 1.54) is 13.8 Å². The van der Waals surface area contributed by atoms with E-state index in [9.17, 15) is 47.9 Å². The Morgan fingerprint density at radius 2 is 0.582 bits per heavy atom. The number of carbonyl (C=O) groups excluding carboxylic acids is 10. The van der Waals surface area contributed by atoms with Gasteiger partial charge in [0.15, 0.2) is 0 Å². The second-order valence-corrected chi connectivity index (χ2v) is 34.3. The Morgan fingerprint density at radius 1 is 0.300 bits per heavy atom. The summed E-state index contributed by atoms with van der Waals surface area (Å²) in [4.78, 5) is 110. The Labute approximate surface area is 674 Å². The lowest BCUT2D eigenvalue weighted by Crippen LogP contribution is -2.29. The van der Waals surface area contributed by atoms with E-state index in [0.29, 0.717) is 97.6 Å². The van der Waals surface area contributed by atoms with Crippen molar-refractivity contribution in [3.05, 3.63) is 35.9 Å². The summed E-state index contributed by atoms with van der Waals surface area (Å²) >= 11 is 0. The van der Waals surface area contributed by atoms with Crippen LogP contribution in [-0.2, 0) is 90.5 Å². The van der Waals surface area contributed by atoms with Crippen LogP contribution < -0.4 is 0 Å². The largest absolute Gasteiger partial charge is 0.466 e. The summed E-state index contributed by atoms with van der Waals surface area (Å²) in [6.45, 7) is 85.6. The zero-order valence-electron chi connectivity index (χ0n) is 78.5. The summed E-state index contributed by atoms with van der Waals surface area (Å²) in [5.74, 6) is 2.99. The highest BCUT2D eigenvalue weighted by atomic mass is 16.6. The van der Waals surface area contributed by atoms with Crippen LogP contribution in [0.4, 0.5) is 0 Å². The molecule has 0 spiro atoms. The minimum Gasteiger partial charge on any atom is -0.466 e. The van der Waals surface area contributed by atoms with E-state index >= 15 is 0 Å². The molecule has 0 fully saturated rings. The van der Waals surface area contributed by atoms with Gasteiger partial charge in [-0.05, 0) is 180 Å². The minimum absolute atomic E-state index is 0.00116. The van der Waals surface area contributed by atoms with E-state index < -0.39 is 0 Å². The third kappa shape index (κ3) is 82.9. The Balaban J connectivity index is -0.000000148. The van der Waals surface area contributed by atoms with Crippen LogP contribution in [0.2, 0.25) is 0 Å². The van der Waals surface area contributed by atoms with Gasteiger partial charge in [0, 0.05) is 20.3 Å². The van der Waals surface area contributed by atoms with Crippen LogP contribution >= 0.6 is 0 Å². The van der Waals surface area contributed by atoms with Gasteiger partial charge >= 0.3 is 59.7 Å². The van der Waals surface area contributed by atoms with Crippen LogP contribution in [0.25, 0.3) is 0 Å².